The normalized spacial score (nSPS) is 24.2. The number of carbonyl (C=O) groups excluding carboxylic acids is 2. The van der Waals surface area contributed by atoms with Crippen LogP contribution in [0.15, 0.2) is 12.2 Å². The molecule has 0 aromatic carbocycles. The van der Waals surface area contributed by atoms with Crippen LogP contribution in [-0.4, -0.2) is 37.2 Å². The van der Waals surface area contributed by atoms with Gasteiger partial charge in [-0.1, -0.05) is 12.2 Å². The van der Waals surface area contributed by atoms with Gasteiger partial charge in [-0.2, -0.15) is 0 Å². The van der Waals surface area contributed by atoms with Gasteiger partial charge in [0.2, 0.25) is 0 Å². The van der Waals surface area contributed by atoms with Crippen LogP contribution in [0, 0.1) is 0 Å². The third-order valence-electron chi connectivity index (χ3n) is 2.53. The van der Waals surface area contributed by atoms with Crippen molar-refractivity contribution in [3.63, 3.8) is 0 Å². The van der Waals surface area contributed by atoms with Gasteiger partial charge in [0.15, 0.2) is 0 Å². The van der Waals surface area contributed by atoms with Crippen LogP contribution in [0.2, 0.25) is 0 Å². The Bertz CT molecular complexity index is 286. The molecule has 0 aromatic rings. The van der Waals surface area contributed by atoms with E-state index < -0.39 is 12.1 Å². The molecule has 0 aromatic heterocycles. The third kappa shape index (κ3) is 3.85. The van der Waals surface area contributed by atoms with Gasteiger partial charge in [-0.05, 0) is 26.7 Å². The monoisotopic (exact) mass is 241 g/mol. The van der Waals surface area contributed by atoms with Crippen LogP contribution < -0.4 is 5.32 Å². The van der Waals surface area contributed by atoms with Crippen molar-refractivity contribution in [1.29, 1.82) is 0 Å². The highest BCUT2D eigenvalue weighted by molar-refractivity contribution is 5.81. The van der Waals surface area contributed by atoms with Crippen LogP contribution >= 0.6 is 0 Å². The fourth-order valence-electron chi connectivity index (χ4n) is 1.81. The van der Waals surface area contributed by atoms with Gasteiger partial charge in [-0.3, -0.25) is 14.9 Å². The number of rotatable bonds is 4. The largest absolute Gasteiger partial charge is 0.465 e. The second kappa shape index (κ2) is 6.39. The SMILES string of the molecule is C=C1CC(C(=O)OCC)NC(C(=O)OCC)C1. The average molecular weight is 241 g/mol. The lowest BCUT2D eigenvalue weighted by molar-refractivity contribution is -0.149. The Balaban J connectivity index is 2.61. The Labute approximate surface area is 101 Å². The molecule has 1 N–H and O–H groups in total. The highest BCUT2D eigenvalue weighted by Crippen LogP contribution is 2.19. The third-order valence-corrected chi connectivity index (χ3v) is 2.53. The molecule has 1 heterocycles. The highest BCUT2D eigenvalue weighted by Gasteiger charge is 2.33. The summed E-state index contributed by atoms with van der Waals surface area (Å²) >= 11 is 0. The lowest BCUT2D eigenvalue weighted by Gasteiger charge is -2.29. The maximum absolute atomic E-state index is 11.6. The Hall–Kier alpha value is -1.36. The van der Waals surface area contributed by atoms with Gasteiger partial charge in [-0.25, -0.2) is 0 Å². The second-order valence-electron chi connectivity index (χ2n) is 3.93. The van der Waals surface area contributed by atoms with Gasteiger partial charge in [0.05, 0.1) is 13.2 Å². The van der Waals surface area contributed by atoms with Crippen molar-refractivity contribution in [2.24, 2.45) is 0 Å². The molecule has 1 saturated heterocycles. The van der Waals surface area contributed by atoms with Gasteiger partial charge < -0.3 is 9.47 Å². The molecular weight excluding hydrogens is 222 g/mol. The molecule has 2 unspecified atom stereocenters. The van der Waals surface area contributed by atoms with E-state index in [1.165, 1.54) is 0 Å². The molecular formula is C12H19NO4. The minimum absolute atomic E-state index is 0.327. The summed E-state index contributed by atoms with van der Waals surface area (Å²) in [5.74, 6) is -0.690. The molecule has 0 radical (unpaired) electrons. The van der Waals surface area contributed by atoms with E-state index in [2.05, 4.69) is 11.9 Å². The zero-order valence-electron chi connectivity index (χ0n) is 10.3. The molecule has 1 aliphatic heterocycles. The first-order valence-corrected chi connectivity index (χ1v) is 5.84. The summed E-state index contributed by atoms with van der Waals surface area (Å²) in [5.41, 5.74) is 0.861. The predicted octanol–water partition coefficient (Wildman–Crippen LogP) is 0.789. The minimum atomic E-state index is -0.495. The minimum Gasteiger partial charge on any atom is -0.465 e. The summed E-state index contributed by atoms with van der Waals surface area (Å²) in [6.45, 7) is 7.99. The zero-order chi connectivity index (χ0) is 12.8. The Morgan fingerprint density at radius 2 is 1.59 bits per heavy atom. The first kappa shape index (κ1) is 13.7. The fraction of sp³-hybridized carbons (Fsp3) is 0.667. The van der Waals surface area contributed by atoms with Crippen LogP contribution in [0.25, 0.3) is 0 Å². The fourth-order valence-corrected chi connectivity index (χ4v) is 1.81. The van der Waals surface area contributed by atoms with E-state index in [1.807, 2.05) is 0 Å². The Morgan fingerprint density at radius 3 is 1.94 bits per heavy atom. The summed E-state index contributed by atoms with van der Waals surface area (Å²) in [4.78, 5) is 23.2. The molecule has 0 saturated carbocycles. The summed E-state index contributed by atoms with van der Waals surface area (Å²) in [6, 6.07) is -0.990. The number of hydrogen-bond acceptors (Lipinski definition) is 5. The van der Waals surface area contributed by atoms with Crippen molar-refractivity contribution in [3.05, 3.63) is 12.2 Å². The van der Waals surface area contributed by atoms with Crippen molar-refractivity contribution < 1.29 is 19.1 Å². The van der Waals surface area contributed by atoms with Crippen LogP contribution in [0.4, 0.5) is 0 Å². The number of hydrogen-bond donors (Lipinski definition) is 1. The maximum Gasteiger partial charge on any atom is 0.323 e. The Kier molecular flexibility index (Phi) is 5.15. The zero-order valence-corrected chi connectivity index (χ0v) is 10.3. The van der Waals surface area contributed by atoms with Gasteiger partial charge >= 0.3 is 11.9 Å². The summed E-state index contributed by atoms with van der Waals surface area (Å²) in [7, 11) is 0. The standard InChI is InChI=1S/C12H19NO4/c1-4-16-11(14)9-6-8(3)7-10(13-9)12(15)17-5-2/h9-10,13H,3-7H2,1-2H3. The predicted molar refractivity (Wildman–Crippen MR) is 62.4 cm³/mol. The lowest BCUT2D eigenvalue weighted by atomic mass is 9.94. The molecule has 0 amide bonds. The van der Waals surface area contributed by atoms with E-state index in [9.17, 15) is 9.59 Å². The van der Waals surface area contributed by atoms with Crippen LogP contribution in [0.1, 0.15) is 26.7 Å². The second-order valence-corrected chi connectivity index (χ2v) is 3.93. The van der Waals surface area contributed by atoms with Gasteiger partial charge in [-0.15, -0.1) is 0 Å². The van der Waals surface area contributed by atoms with E-state index in [0.717, 1.165) is 5.57 Å². The van der Waals surface area contributed by atoms with Crippen molar-refractivity contribution >= 4 is 11.9 Å². The van der Waals surface area contributed by atoms with Crippen molar-refractivity contribution in [3.8, 4) is 0 Å². The maximum atomic E-state index is 11.6. The number of piperidine rings is 1. The Morgan fingerprint density at radius 1 is 1.18 bits per heavy atom. The van der Waals surface area contributed by atoms with E-state index in [0.29, 0.717) is 26.1 Å². The van der Waals surface area contributed by atoms with E-state index in [4.69, 9.17) is 9.47 Å². The van der Waals surface area contributed by atoms with Crippen molar-refractivity contribution in [1.82, 2.24) is 5.32 Å². The van der Waals surface area contributed by atoms with E-state index in [-0.39, 0.29) is 11.9 Å². The van der Waals surface area contributed by atoms with Crippen LogP contribution in [0.3, 0.4) is 0 Å². The van der Waals surface area contributed by atoms with Gasteiger partial charge in [0.25, 0.3) is 0 Å². The molecule has 5 nitrogen and oxygen atoms in total. The number of carbonyl (C=O) groups is 2. The average Bonchev–Trinajstić information content (AvgIpc) is 2.29. The van der Waals surface area contributed by atoms with Crippen molar-refractivity contribution in [2.75, 3.05) is 13.2 Å². The molecule has 0 spiro atoms. The molecule has 5 heteroatoms. The summed E-state index contributed by atoms with van der Waals surface area (Å²) in [6.07, 6.45) is 1.02. The number of nitrogens with one attached hydrogen (secondary N) is 1. The molecule has 0 bridgehead atoms. The quantitative estimate of drug-likeness (QED) is 0.582. The molecule has 1 rings (SSSR count). The highest BCUT2D eigenvalue weighted by atomic mass is 16.5. The molecule has 2 atom stereocenters. The molecule has 96 valence electrons. The first-order chi connectivity index (χ1) is 8.08. The topological polar surface area (TPSA) is 64.6 Å². The molecule has 1 fully saturated rings. The molecule has 1 aliphatic rings. The first-order valence-electron chi connectivity index (χ1n) is 5.84. The van der Waals surface area contributed by atoms with Crippen LogP contribution in [0.5, 0.6) is 0 Å². The number of ether oxygens (including phenoxy) is 2. The smallest absolute Gasteiger partial charge is 0.323 e. The number of esters is 2. The van der Waals surface area contributed by atoms with Crippen molar-refractivity contribution in [2.45, 2.75) is 38.8 Å². The van der Waals surface area contributed by atoms with Gasteiger partial charge in [0.1, 0.15) is 12.1 Å². The van der Waals surface area contributed by atoms with Gasteiger partial charge in [0, 0.05) is 0 Å². The summed E-state index contributed by atoms with van der Waals surface area (Å²) < 4.78 is 9.85. The lowest BCUT2D eigenvalue weighted by Crippen LogP contribution is -2.51. The van der Waals surface area contributed by atoms with Crippen LogP contribution in [-0.2, 0) is 19.1 Å². The summed E-state index contributed by atoms with van der Waals surface area (Å²) in [5, 5.41) is 2.94. The molecule has 0 aliphatic carbocycles. The van der Waals surface area contributed by atoms with E-state index in [1.54, 1.807) is 13.8 Å². The molecule has 17 heavy (non-hydrogen) atoms. The van der Waals surface area contributed by atoms with E-state index >= 15 is 0 Å².